The molecule has 0 radical (unpaired) electrons. The van der Waals surface area contributed by atoms with Gasteiger partial charge in [-0.05, 0) is 20.3 Å². The molecule has 112 valence electrons. The van der Waals surface area contributed by atoms with Crippen LogP contribution in [0.1, 0.15) is 20.3 Å². The highest BCUT2D eigenvalue weighted by molar-refractivity contribution is 5.83. The Labute approximate surface area is 117 Å². The molecule has 2 atom stereocenters. The average Bonchev–Trinajstić information content (AvgIpc) is 2.84. The third-order valence-electron chi connectivity index (χ3n) is 3.25. The Balaban J connectivity index is 2.37. The summed E-state index contributed by atoms with van der Waals surface area (Å²) in [6.07, 6.45) is 3.59. The maximum absolute atomic E-state index is 11.7. The molecule has 0 aromatic carbocycles. The standard InChI is InChI=1S/C13H21N3O4/c1-13(2,11(19)14-3)7-15-12(20)16-9-5-4-8(6-9)10(17)18/h4-5,8-9H,6-7H2,1-3H3,(H,14,19)(H,17,18)(H2,15,16,20). The molecule has 1 rings (SSSR count). The number of aliphatic carboxylic acids is 1. The van der Waals surface area contributed by atoms with Gasteiger partial charge in [0.15, 0.2) is 0 Å². The van der Waals surface area contributed by atoms with Crippen molar-refractivity contribution in [2.75, 3.05) is 13.6 Å². The summed E-state index contributed by atoms with van der Waals surface area (Å²) >= 11 is 0. The Morgan fingerprint density at radius 1 is 1.30 bits per heavy atom. The molecule has 0 aromatic rings. The third kappa shape index (κ3) is 4.25. The highest BCUT2D eigenvalue weighted by atomic mass is 16.4. The van der Waals surface area contributed by atoms with Gasteiger partial charge in [-0.2, -0.15) is 0 Å². The first-order valence-electron chi connectivity index (χ1n) is 6.44. The van der Waals surface area contributed by atoms with Gasteiger partial charge in [-0.1, -0.05) is 12.2 Å². The van der Waals surface area contributed by atoms with Crippen LogP contribution < -0.4 is 16.0 Å². The zero-order valence-electron chi connectivity index (χ0n) is 11.9. The topological polar surface area (TPSA) is 108 Å². The minimum absolute atomic E-state index is 0.162. The summed E-state index contributed by atoms with van der Waals surface area (Å²) in [7, 11) is 1.54. The molecule has 7 heteroatoms. The molecule has 4 N–H and O–H groups in total. The Hall–Kier alpha value is -2.05. The van der Waals surface area contributed by atoms with Crippen molar-refractivity contribution < 1.29 is 19.5 Å². The summed E-state index contributed by atoms with van der Waals surface area (Å²) in [5.41, 5.74) is -0.707. The van der Waals surface area contributed by atoms with E-state index in [0.717, 1.165) is 0 Å². The van der Waals surface area contributed by atoms with E-state index in [4.69, 9.17) is 5.11 Å². The summed E-state index contributed by atoms with van der Waals surface area (Å²) in [5.74, 6) is -1.61. The van der Waals surface area contributed by atoms with Gasteiger partial charge in [-0.3, -0.25) is 9.59 Å². The summed E-state index contributed by atoms with van der Waals surface area (Å²) < 4.78 is 0. The van der Waals surface area contributed by atoms with Crippen molar-refractivity contribution >= 4 is 17.9 Å². The maximum Gasteiger partial charge on any atom is 0.315 e. The monoisotopic (exact) mass is 283 g/mol. The van der Waals surface area contributed by atoms with E-state index in [1.54, 1.807) is 33.0 Å². The van der Waals surface area contributed by atoms with Gasteiger partial charge in [0.2, 0.25) is 5.91 Å². The number of hydrogen-bond acceptors (Lipinski definition) is 3. The molecule has 7 nitrogen and oxygen atoms in total. The Kier molecular flexibility index (Phi) is 5.12. The normalized spacial score (nSPS) is 21.4. The SMILES string of the molecule is CNC(=O)C(C)(C)CNC(=O)NC1C=CC(C(=O)O)C1. The van der Waals surface area contributed by atoms with Crippen molar-refractivity contribution in [3.8, 4) is 0 Å². The fraction of sp³-hybridized carbons (Fsp3) is 0.615. The van der Waals surface area contributed by atoms with E-state index in [1.807, 2.05) is 0 Å². The fourth-order valence-corrected chi connectivity index (χ4v) is 1.93. The van der Waals surface area contributed by atoms with E-state index >= 15 is 0 Å². The first-order valence-corrected chi connectivity index (χ1v) is 6.44. The molecule has 0 heterocycles. The maximum atomic E-state index is 11.7. The molecule has 2 unspecified atom stereocenters. The lowest BCUT2D eigenvalue weighted by Gasteiger charge is -2.23. The molecule has 1 aliphatic rings. The molecule has 0 fully saturated rings. The molecular weight excluding hydrogens is 262 g/mol. The molecule has 0 spiro atoms. The van der Waals surface area contributed by atoms with Gasteiger partial charge in [0.25, 0.3) is 0 Å². The predicted octanol–water partition coefficient (Wildman–Crippen LogP) is 0.0871. The lowest BCUT2D eigenvalue weighted by molar-refractivity contribution is -0.140. The van der Waals surface area contributed by atoms with Crippen LogP contribution >= 0.6 is 0 Å². The van der Waals surface area contributed by atoms with Crippen molar-refractivity contribution in [1.82, 2.24) is 16.0 Å². The highest BCUT2D eigenvalue weighted by Gasteiger charge is 2.28. The van der Waals surface area contributed by atoms with Gasteiger partial charge >= 0.3 is 12.0 Å². The first-order chi connectivity index (χ1) is 9.26. The highest BCUT2D eigenvalue weighted by Crippen LogP contribution is 2.18. The van der Waals surface area contributed by atoms with E-state index < -0.39 is 23.3 Å². The summed E-state index contributed by atoms with van der Waals surface area (Å²) in [5, 5.41) is 16.7. The first kappa shape index (κ1) is 16.0. The Bertz CT molecular complexity index is 431. The van der Waals surface area contributed by atoms with Crippen LogP contribution in [-0.4, -0.2) is 42.6 Å². The summed E-state index contributed by atoms with van der Waals surface area (Å²) in [6, 6.07) is -0.707. The number of carbonyl (C=O) groups is 3. The second-order valence-corrected chi connectivity index (χ2v) is 5.46. The molecular formula is C13H21N3O4. The van der Waals surface area contributed by atoms with Crippen molar-refractivity contribution in [3.63, 3.8) is 0 Å². The van der Waals surface area contributed by atoms with Gasteiger partial charge in [0.05, 0.1) is 17.4 Å². The Morgan fingerprint density at radius 3 is 2.45 bits per heavy atom. The van der Waals surface area contributed by atoms with Crippen LogP contribution in [0, 0.1) is 11.3 Å². The van der Waals surface area contributed by atoms with Crippen LogP contribution in [0.3, 0.4) is 0 Å². The van der Waals surface area contributed by atoms with Crippen LogP contribution in [0.5, 0.6) is 0 Å². The number of nitrogens with one attached hydrogen (secondary N) is 3. The number of hydrogen-bond donors (Lipinski definition) is 4. The van der Waals surface area contributed by atoms with Gasteiger partial charge in [-0.15, -0.1) is 0 Å². The lowest BCUT2D eigenvalue weighted by Crippen LogP contribution is -2.48. The van der Waals surface area contributed by atoms with E-state index in [0.29, 0.717) is 6.42 Å². The smallest absolute Gasteiger partial charge is 0.315 e. The zero-order chi connectivity index (χ0) is 15.3. The van der Waals surface area contributed by atoms with Crippen LogP contribution in [-0.2, 0) is 9.59 Å². The van der Waals surface area contributed by atoms with Gasteiger partial charge in [-0.25, -0.2) is 4.79 Å². The molecule has 0 bridgehead atoms. The molecule has 0 saturated heterocycles. The van der Waals surface area contributed by atoms with Gasteiger partial charge in [0.1, 0.15) is 0 Å². The number of rotatable bonds is 5. The van der Waals surface area contributed by atoms with Gasteiger partial charge in [0, 0.05) is 13.6 Å². The quantitative estimate of drug-likeness (QED) is 0.536. The van der Waals surface area contributed by atoms with E-state index in [-0.39, 0.29) is 18.5 Å². The molecule has 20 heavy (non-hydrogen) atoms. The van der Waals surface area contributed by atoms with Crippen LogP contribution in [0.15, 0.2) is 12.2 Å². The minimum Gasteiger partial charge on any atom is -0.481 e. The van der Waals surface area contributed by atoms with Crippen molar-refractivity contribution in [2.24, 2.45) is 11.3 Å². The van der Waals surface area contributed by atoms with E-state index in [9.17, 15) is 14.4 Å². The van der Waals surface area contributed by atoms with Crippen LogP contribution in [0.2, 0.25) is 0 Å². The molecule has 3 amide bonds. The van der Waals surface area contributed by atoms with Crippen molar-refractivity contribution in [3.05, 3.63) is 12.2 Å². The van der Waals surface area contributed by atoms with Crippen LogP contribution in [0.25, 0.3) is 0 Å². The summed E-state index contributed by atoms with van der Waals surface area (Å²) in [4.78, 5) is 34.0. The molecule has 0 saturated carbocycles. The second kappa shape index (κ2) is 6.40. The van der Waals surface area contributed by atoms with E-state index in [1.165, 1.54) is 0 Å². The zero-order valence-corrected chi connectivity index (χ0v) is 11.9. The number of carboxylic acids is 1. The minimum atomic E-state index is -0.897. The third-order valence-corrected chi connectivity index (χ3v) is 3.25. The number of carboxylic acid groups (broad SMARTS) is 1. The van der Waals surface area contributed by atoms with Crippen molar-refractivity contribution in [1.29, 1.82) is 0 Å². The van der Waals surface area contributed by atoms with Crippen LogP contribution in [0.4, 0.5) is 4.79 Å². The van der Waals surface area contributed by atoms with E-state index in [2.05, 4.69) is 16.0 Å². The molecule has 0 aromatic heterocycles. The summed E-state index contributed by atoms with van der Waals surface area (Å²) in [6.45, 7) is 3.64. The predicted molar refractivity (Wildman–Crippen MR) is 73.1 cm³/mol. The average molecular weight is 283 g/mol. The number of carbonyl (C=O) groups excluding carboxylic acids is 2. The van der Waals surface area contributed by atoms with Crippen molar-refractivity contribution in [2.45, 2.75) is 26.3 Å². The van der Waals surface area contributed by atoms with Gasteiger partial charge < -0.3 is 21.1 Å². The molecule has 0 aliphatic heterocycles. The number of amides is 3. The molecule has 1 aliphatic carbocycles. The Morgan fingerprint density at radius 2 is 1.95 bits per heavy atom. The largest absolute Gasteiger partial charge is 0.481 e. The second-order valence-electron chi connectivity index (χ2n) is 5.46. The fourth-order valence-electron chi connectivity index (χ4n) is 1.93. The number of urea groups is 1. The lowest BCUT2D eigenvalue weighted by atomic mass is 9.92.